The topological polar surface area (TPSA) is 41.6 Å². The van der Waals surface area contributed by atoms with E-state index in [-0.39, 0.29) is 12.0 Å². The molecule has 0 aromatic carbocycles. The lowest BCUT2D eigenvalue weighted by atomic mass is 10.0. The van der Waals surface area contributed by atoms with Crippen molar-refractivity contribution in [3.63, 3.8) is 0 Å². The van der Waals surface area contributed by atoms with Gasteiger partial charge in [-0.1, -0.05) is 26.7 Å². The first kappa shape index (κ1) is 14.5. The van der Waals surface area contributed by atoms with Crippen LogP contribution in [0.4, 0.5) is 0 Å². The smallest absolute Gasteiger partial charge is 0.324 e. The van der Waals surface area contributed by atoms with E-state index in [2.05, 4.69) is 24.1 Å². The average Bonchev–Trinajstić information content (AvgIpc) is 2.36. The highest BCUT2D eigenvalue weighted by molar-refractivity contribution is 5.76. The molecule has 0 aliphatic carbocycles. The van der Waals surface area contributed by atoms with Crippen LogP contribution in [0.15, 0.2) is 0 Å². The summed E-state index contributed by atoms with van der Waals surface area (Å²) in [6.07, 6.45) is 2.35. The molecular formula is C13H26N2O2. The van der Waals surface area contributed by atoms with Crippen molar-refractivity contribution in [3.05, 3.63) is 0 Å². The average molecular weight is 242 g/mol. The van der Waals surface area contributed by atoms with Gasteiger partial charge in [-0.2, -0.15) is 0 Å². The van der Waals surface area contributed by atoms with E-state index >= 15 is 0 Å². The molecule has 0 saturated carbocycles. The molecule has 0 radical (unpaired) electrons. The Morgan fingerprint density at radius 2 is 2.12 bits per heavy atom. The first-order valence-corrected chi connectivity index (χ1v) is 6.84. The van der Waals surface area contributed by atoms with E-state index < -0.39 is 0 Å². The van der Waals surface area contributed by atoms with Crippen LogP contribution in [0.25, 0.3) is 0 Å². The Labute approximate surface area is 105 Å². The number of carbonyl (C=O) groups is 1. The van der Waals surface area contributed by atoms with Crippen molar-refractivity contribution >= 4 is 5.97 Å². The molecule has 1 aliphatic heterocycles. The number of ether oxygens (including phenoxy) is 1. The highest BCUT2D eigenvalue weighted by Gasteiger charge is 2.30. The van der Waals surface area contributed by atoms with Gasteiger partial charge in [-0.05, 0) is 12.8 Å². The summed E-state index contributed by atoms with van der Waals surface area (Å²) in [7, 11) is 0. The summed E-state index contributed by atoms with van der Waals surface area (Å²) in [6, 6.07) is -0.0932. The minimum atomic E-state index is -0.0932. The van der Waals surface area contributed by atoms with E-state index in [4.69, 9.17) is 4.74 Å². The molecular weight excluding hydrogens is 216 g/mol. The van der Waals surface area contributed by atoms with Gasteiger partial charge >= 0.3 is 5.97 Å². The first-order chi connectivity index (χ1) is 8.22. The summed E-state index contributed by atoms with van der Waals surface area (Å²) in [5.74, 6) is 0.607. The molecule has 1 rings (SSSR count). The van der Waals surface area contributed by atoms with Crippen LogP contribution in [-0.2, 0) is 9.53 Å². The van der Waals surface area contributed by atoms with Crippen LogP contribution in [-0.4, -0.2) is 49.7 Å². The lowest BCUT2D eigenvalue weighted by Gasteiger charge is -2.36. The molecule has 1 unspecified atom stereocenters. The molecule has 1 heterocycles. The van der Waals surface area contributed by atoms with E-state index in [0.29, 0.717) is 12.5 Å². The van der Waals surface area contributed by atoms with Crippen molar-refractivity contribution in [2.24, 2.45) is 5.92 Å². The van der Waals surface area contributed by atoms with Gasteiger partial charge in [0.2, 0.25) is 0 Å². The fraction of sp³-hybridized carbons (Fsp3) is 0.923. The maximum absolute atomic E-state index is 11.9. The lowest BCUT2D eigenvalue weighted by molar-refractivity contribution is -0.150. The maximum Gasteiger partial charge on any atom is 0.324 e. The summed E-state index contributed by atoms with van der Waals surface area (Å²) >= 11 is 0. The number of hydrogen-bond acceptors (Lipinski definition) is 4. The third kappa shape index (κ3) is 4.28. The van der Waals surface area contributed by atoms with Crippen molar-refractivity contribution in [1.82, 2.24) is 10.2 Å². The predicted octanol–water partition coefficient (Wildman–Crippen LogP) is 1.26. The van der Waals surface area contributed by atoms with Crippen molar-refractivity contribution in [2.75, 3.05) is 32.8 Å². The van der Waals surface area contributed by atoms with Crippen LogP contribution in [0.3, 0.4) is 0 Å². The highest BCUT2D eigenvalue weighted by Crippen LogP contribution is 2.14. The first-order valence-electron chi connectivity index (χ1n) is 6.84. The Morgan fingerprint density at radius 3 is 2.71 bits per heavy atom. The second-order valence-corrected chi connectivity index (χ2v) is 4.65. The molecule has 1 aliphatic rings. The second-order valence-electron chi connectivity index (χ2n) is 4.65. The molecule has 1 fully saturated rings. The van der Waals surface area contributed by atoms with Crippen molar-refractivity contribution in [2.45, 2.75) is 39.7 Å². The highest BCUT2D eigenvalue weighted by atomic mass is 16.5. The molecule has 0 spiro atoms. The zero-order chi connectivity index (χ0) is 12.7. The van der Waals surface area contributed by atoms with E-state index in [0.717, 1.165) is 26.2 Å². The van der Waals surface area contributed by atoms with Crippen molar-refractivity contribution in [3.8, 4) is 0 Å². The van der Waals surface area contributed by atoms with E-state index in [1.54, 1.807) is 0 Å². The Hall–Kier alpha value is -0.610. The molecule has 4 heteroatoms. The number of nitrogens with zero attached hydrogens (tertiary/aromatic N) is 1. The van der Waals surface area contributed by atoms with Crippen LogP contribution in [0.2, 0.25) is 0 Å². The summed E-state index contributed by atoms with van der Waals surface area (Å²) in [5.41, 5.74) is 0. The molecule has 0 aromatic rings. The molecule has 0 amide bonds. The number of carbonyl (C=O) groups excluding carboxylic acids is 1. The van der Waals surface area contributed by atoms with Crippen LogP contribution in [0.1, 0.15) is 33.6 Å². The summed E-state index contributed by atoms with van der Waals surface area (Å²) in [6.45, 7) is 10.4. The number of esters is 1. The molecule has 1 atom stereocenters. The van der Waals surface area contributed by atoms with Crippen molar-refractivity contribution < 1.29 is 9.53 Å². The van der Waals surface area contributed by atoms with Crippen molar-refractivity contribution in [1.29, 1.82) is 0 Å². The largest absolute Gasteiger partial charge is 0.465 e. The van der Waals surface area contributed by atoms with Gasteiger partial charge in [-0.15, -0.1) is 0 Å². The van der Waals surface area contributed by atoms with Gasteiger partial charge in [0.15, 0.2) is 0 Å². The Balaban J connectivity index is 2.55. The fourth-order valence-electron chi connectivity index (χ4n) is 2.31. The van der Waals surface area contributed by atoms with Crippen LogP contribution in [0, 0.1) is 5.92 Å². The van der Waals surface area contributed by atoms with Crippen LogP contribution in [0.5, 0.6) is 0 Å². The number of rotatable bonds is 6. The van der Waals surface area contributed by atoms with Gasteiger partial charge in [-0.3, -0.25) is 9.69 Å². The Bertz CT molecular complexity index is 229. The molecule has 100 valence electrons. The van der Waals surface area contributed by atoms with Gasteiger partial charge < -0.3 is 10.1 Å². The van der Waals surface area contributed by atoms with Gasteiger partial charge in [0, 0.05) is 26.2 Å². The molecule has 0 bridgehead atoms. The van der Waals surface area contributed by atoms with Crippen LogP contribution < -0.4 is 5.32 Å². The second kappa shape index (κ2) is 7.67. The monoisotopic (exact) mass is 242 g/mol. The summed E-state index contributed by atoms with van der Waals surface area (Å²) < 4.78 is 5.14. The third-order valence-electron chi connectivity index (χ3n) is 3.56. The maximum atomic E-state index is 11.9. The zero-order valence-corrected chi connectivity index (χ0v) is 11.4. The molecule has 1 saturated heterocycles. The number of nitrogens with one attached hydrogen (secondary N) is 1. The van der Waals surface area contributed by atoms with Gasteiger partial charge in [0.1, 0.15) is 6.04 Å². The lowest BCUT2D eigenvalue weighted by Crippen LogP contribution is -2.56. The molecule has 0 aromatic heterocycles. The van der Waals surface area contributed by atoms with E-state index in [1.807, 2.05) is 6.92 Å². The zero-order valence-electron chi connectivity index (χ0n) is 11.4. The minimum absolute atomic E-state index is 0.0781. The number of hydrogen-bond donors (Lipinski definition) is 1. The predicted molar refractivity (Wildman–Crippen MR) is 68.9 cm³/mol. The summed E-state index contributed by atoms with van der Waals surface area (Å²) in [4.78, 5) is 14.1. The van der Waals surface area contributed by atoms with E-state index in [9.17, 15) is 4.79 Å². The third-order valence-corrected chi connectivity index (χ3v) is 3.56. The standard InChI is InChI=1S/C13H26N2O2/c1-4-11(5-2)10-15-8-7-14-9-12(15)13(16)17-6-3/h11-12,14H,4-10H2,1-3H3. The summed E-state index contributed by atoms with van der Waals surface area (Å²) in [5, 5.41) is 3.27. The molecule has 1 N–H and O–H groups in total. The van der Waals surface area contributed by atoms with E-state index in [1.165, 1.54) is 12.8 Å². The fourth-order valence-corrected chi connectivity index (χ4v) is 2.31. The SMILES string of the molecule is CCOC(=O)C1CNCCN1CC(CC)CC. The molecule has 17 heavy (non-hydrogen) atoms. The van der Waals surface area contributed by atoms with Crippen LogP contribution >= 0.6 is 0 Å². The Morgan fingerprint density at radius 1 is 1.41 bits per heavy atom. The van der Waals surface area contributed by atoms with Gasteiger partial charge in [0.25, 0.3) is 0 Å². The number of piperazine rings is 1. The minimum Gasteiger partial charge on any atom is -0.465 e. The van der Waals surface area contributed by atoms with Gasteiger partial charge in [-0.25, -0.2) is 0 Å². The van der Waals surface area contributed by atoms with Gasteiger partial charge in [0.05, 0.1) is 6.61 Å². The normalized spacial score (nSPS) is 21.8. The molecule has 4 nitrogen and oxygen atoms in total. The quantitative estimate of drug-likeness (QED) is 0.712. The Kier molecular flexibility index (Phi) is 6.52.